The lowest BCUT2D eigenvalue weighted by Crippen LogP contribution is -2.31. The summed E-state index contributed by atoms with van der Waals surface area (Å²) in [5.74, 6) is 0.0355. The van der Waals surface area contributed by atoms with Gasteiger partial charge in [0.1, 0.15) is 5.75 Å². The molecule has 0 aromatic heterocycles. The second-order valence-corrected chi connectivity index (χ2v) is 5.79. The van der Waals surface area contributed by atoms with Gasteiger partial charge in [0.2, 0.25) is 5.91 Å². The fourth-order valence-corrected chi connectivity index (χ4v) is 2.52. The minimum atomic E-state index is -4.39. The Balaban J connectivity index is 0.00000288. The molecule has 1 aromatic rings. The average molecular weight is 367 g/mol. The van der Waals surface area contributed by atoms with Crippen molar-refractivity contribution < 1.29 is 22.7 Å². The molecule has 1 fully saturated rings. The van der Waals surface area contributed by atoms with Crippen LogP contribution in [0.15, 0.2) is 18.2 Å². The first kappa shape index (κ1) is 20.6. The Morgan fingerprint density at radius 2 is 2.17 bits per heavy atom. The molecule has 0 saturated carbocycles. The Morgan fingerprint density at radius 1 is 1.42 bits per heavy atom. The molecule has 8 heteroatoms. The highest BCUT2D eigenvalue weighted by molar-refractivity contribution is 5.85. The van der Waals surface area contributed by atoms with Crippen LogP contribution in [-0.2, 0) is 11.3 Å². The number of halogens is 4. The van der Waals surface area contributed by atoms with Crippen molar-refractivity contribution in [1.29, 1.82) is 0 Å². The van der Waals surface area contributed by atoms with Gasteiger partial charge in [-0.15, -0.1) is 12.4 Å². The quantitative estimate of drug-likeness (QED) is 0.813. The SMILES string of the molecule is Cc1ccc(CNC(=O)CC2CCCN2)c(OCC(F)(F)F)c1.Cl. The number of ether oxygens (including phenoxy) is 1. The van der Waals surface area contributed by atoms with Crippen molar-refractivity contribution in [2.24, 2.45) is 0 Å². The molecule has 0 spiro atoms. The minimum Gasteiger partial charge on any atom is -0.484 e. The molecular weight excluding hydrogens is 345 g/mol. The molecule has 1 aliphatic heterocycles. The number of benzene rings is 1. The monoisotopic (exact) mass is 366 g/mol. The minimum absolute atomic E-state index is 0. The number of hydrogen-bond donors (Lipinski definition) is 2. The van der Waals surface area contributed by atoms with Crippen LogP contribution < -0.4 is 15.4 Å². The van der Waals surface area contributed by atoms with Crippen LogP contribution in [0.25, 0.3) is 0 Å². The van der Waals surface area contributed by atoms with Crippen LogP contribution in [0, 0.1) is 6.92 Å². The maximum absolute atomic E-state index is 12.3. The van der Waals surface area contributed by atoms with E-state index in [4.69, 9.17) is 4.74 Å². The lowest BCUT2D eigenvalue weighted by atomic mass is 10.1. The summed E-state index contributed by atoms with van der Waals surface area (Å²) in [6, 6.07) is 5.19. The van der Waals surface area contributed by atoms with Gasteiger partial charge in [-0.05, 0) is 37.9 Å². The second kappa shape index (κ2) is 9.13. The summed E-state index contributed by atoms with van der Waals surface area (Å²) in [5.41, 5.74) is 1.33. The van der Waals surface area contributed by atoms with Crippen molar-refractivity contribution in [3.63, 3.8) is 0 Å². The molecule has 24 heavy (non-hydrogen) atoms. The van der Waals surface area contributed by atoms with Crippen LogP contribution in [0.1, 0.15) is 30.4 Å². The van der Waals surface area contributed by atoms with Gasteiger partial charge >= 0.3 is 6.18 Å². The number of nitrogens with one attached hydrogen (secondary N) is 2. The van der Waals surface area contributed by atoms with E-state index in [2.05, 4.69) is 10.6 Å². The van der Waals surface area contributed by atoms with Gasteiger partial charge in [0, 0.05) is 24.6 Å². The molecule has 2 rings (SSSR count). The third-order valence-electron chi connectivity index (χ3n) is 3.68. The van der Waals surface area contributed by atoms with Crippen LogP contribution in [0.3, 0.4) is 0 Å². The van der Waals surface area contributed by atoms with E-state index in [1.54, 1.807) is 25.1 Å². The highest BCUT2D eigenvalue weighted by atomic mass is 35.5. The van der Waals surface area contributed by atoms with E-state index >= 15 is 0 Å². The zero-order chi connectivity index (χ0) is 16.9. The topological polar surface area (TPSA) is 50.4 Å². The van der Waals surface area contributed by atoms with Gasteiger partial charge in [-0.3, -0.25) is 4.79 Å². The van der Waals surface area contributed by atoms with Crippen molar-refractivity contribution in [2.75, 3.05) is 13.2 Å². The van der Waals surface area contributed by atoms with Crippen LogP contribution in [0.5, 0.6) is 5.75 Å². The number of amides is 1. The summed E-state index contributed by atoms with van der Waals surface area (Å²) in [5, 5.41) is 5.97. The maximum Gasteiger partial charge on any atom is 0.422 e. The molecule has 2 N–H and O–H groups in total. The first-order valence-electron chi connectivity index (χ1n) is 7.62. The number of carbonyl (C=O) groups excluding carboxylic acids is 1. The van der Waals surface area contributed by atoms with Gasteiger partial charge < -0.3 is 15.4 Å². The predicted octanol–water partition coefficient (Wildman–Crippen LogP) is 3.12. The molecular formula is C16H22ClF3N2O2. The zero-order valence-corrected chi connectivity index (χ0v) is 14.2. The van der Waals surface area contributed by atoms with E-state index in [1.807, 2.05) is 0 Å². The maximum atomic E-state index is 12.3. The number of hydrogen-bond acceptors (Lipinski definition) is 3. The first-order chi connectivity index (χ1) is 10.8. The predicted molar refractivity (Wildman–Crippen MR) is 87.5 cm³/mol. The first-order valence-corrected chi connectivity index (χ1v) is 7.62. The molecule has 0 radical (unpaired) electrons. The summed E-state index contributed by atoms with van der Waals surface area (Å²) in [6.45, 7) is 1.50. The van der Waals surface area contributed by atoms with Crippen molar-refractivity contribution in [3.8, 4) is 5.75 Å². The molecule has 1 heterocycles. The van der Waals surface area contributed by atoms with Crippen molar-refractivity contribution in [2.45, 2.75) is 44.9 Å². The Bertz CT molecular complexity index is 547. The molecule has 1 aromatic carbocycles. The molecule has 1 amide bonds. The van der Waals surface area contributed by atoms with E-state index < -0.39 is 12.8 Å². The third kappa shape index (κ3) is 6.97. The molecule has 0 aliphatic carbocycles. The van der Waals surface area contributed by atoms with Gasteiger partial charge in [-0.1, -0.05) is 12.1 Å². The molecule has 1 saturated heterocycles. The summed E-state index contributed by atoms with van der Waals surface area (Å²) in [4.78, 5) is 11.9. The zero-order valence-electron chi connectivity index (χ0n) is 13.4. The van der Waals surface area contributed by atoms with E-state index in [1.165, 1.54) is 0 Å². The van der Waals surface area contributed by atoms with E-state index in [9.17, 15) is 18.0 Å². The fraction of sp³-hybridized carbons (Fsp3) is 0.562. The van der Waals surface area contributed by atoms with E-state index in [0.717, 1.165) is 24.9 Å². The summed E-state index contributed by atoms with van der Waals surface area (Å²) >= 11 is 0. The normalized spacial score (nSPS) is 17.2. The Morgan fingerprint density at radius 3 is 2.79 bits per heavy atom. The molecule has 1 aliphatic rings. The Hall–Kier alpha value is -1.47. The van der Waals surface area contributed by atoms with Crippen molar-refractivity contribution in [1.82, 2.24) is 10.6 Å². The van der Waals surface area contributed by atoms with Crippen LogP contribution in [-0.4, -0.2) is 31.3 Å². The average Bonchev–Trinajstić information content (AvgIpc) is 2.96. The third-order valence-corrected chi connectivity index (χ3v) is 3.68. The highest BCUT2D eigenvalue weighted by Crippen LogP contribution is 2.23. The summed E-state index contributed by atoms with van der Waals surface area (Å²) in [6.07, 6.45) is -1.98. The van der Waals surface area contributed by atoms with Gasteiger partial charge in [0.25, 0.3) is 0 Å². The smallest absolute Gasteiger partial charge is 0.422 e. The van der Waals surface area contributed by atoms with Crippen LogP contribution in [0.2, 0.25) is 0 Å². The van der Waals surface area contributed by atoms with Crippen molar-refractivity contribution >= 4 is 18.3 Å². The van der Waals surface area contributed by atoms with Crippen LogP contribution >= 0.6 is 12.4 Å². The van der Waals surface area contributed by atoms with Gasteiger partial charge in [-0.2, -0.15) is 13.2 Å². The largest absolute Gasteiger partial charge is 0.484 e. The lowest BCUT2D eigenvalue weighted by Gasteiger charge is -2.15. The Labute approximate surface area is 145 Å². The molecule has 0 bridgehead atoms. The fourth-order valence-electron chi connectivity index (χ4n) is 2.52. The van der Waals surface area contributed by atoms with E-state index in [-0.39, 0.29) is 36.7 Å². The summed E-state index contributed by atoms with van der Waals surface area (Å²) in [7, 11) is 0. The Kier molecular flexibility index (Phi) is 7.83. The molecule has 4 nitrogen and oxygen atoms in total. The van der Waals surface area contributed by atoms with Crippen LogP contribution in [0.4, 0.5) is 13.2 Å². The second-order valence-electron chi connectivity index (χ2n) is 5.79. The number of alkyl halides is 3. The summed E-state index contributed by atoms with van der Waals surface area (Å²) < 4.78 is 41.8. The number of carbonyl (C=O) groups is 1. The van der Waals surface area contributed by atoms with Gasteiger partial charge in [0.05, 0.1) is 0 Å². The molecule has 136 valence electrons. The van der Waals surface area contributed by atoms with Crippen molar-refractivity contribution in [3.05, 3.63) is 29.3 Å². The molecule has 1 unspecified atom stereocenters. The molecule has 1 atom stereocenters. The number of rotatable bonds is 6. The highest BCUT2D eigenvalue weighted by Gasteiger charge is 2.28. The number of aryl methyl sites for hydroxylation is 1. The van der Waals surface area contributed by atoms with Gasteiger partial charge in [0.15, 0.2) is 6.61 Å². The van der Waals surface area contributed by atoms with E-state index in [0.29, 0.717) is 12.0 Å². The lowest BCUT2D eigenvalue weighted by molar-refractivity contribution is -0.153. The van der Waals surface area contributed by atoms with Gasteiger partial charge in [-0.25, -0.2) is 0 Å². The standard InChI is InChI=1S/C16H21F3N2O2.ClH/c1-11-4-5-12(14(7-11)23-10-16(17,18)19)9-21-15(22)8-13-3-2-6-20-13;/h4-5,7,13,20H,2-3,6,8-10H2,1H3,(H,21,22);1H.